The highest BCUT2D eigenvalue weighted by molar-refractivity contribution is 5.85. The topological polar surface area (TPSA) is 100 Å². The lowest BCUT2D eigenvalue weighted by Crippen LogP contribution is -2.37. The molecule has 2 rings (SSSR count). The van der Waals surface area contributed by atoms with Crippen molar-refractivity contribution >= 4 is 29.8 Å². The van der Waals surface area contributed by atoms with Crippen molar-refractivity contribution in [3.8, 4) is 0 Å². The lowest BCUT2D eigenvalue weighted by atomic mass is 10.2. The van der Waals surface area contributed by atoms with E-state index >= 15 is 0 Å². The molecule has 0 aromatic carbocycles. The number of nitro groups is 1. The average Bonchev–Trinajstić information content (AvgIpc) is 2.88. The molecule has 1 atom stereocenters. The van der Waals surface area contributed by atoms with E-state index in [-0.39, 0.29) is 30.0 Å². The average molecular weight is 316 g/mol. The molecule has 2 heterocycles. The summed E-state index contributed by atoms with van der Waals surface area (Å²) < 4.78 is 0. The van der Waals surface area contributed by atoms with Gasteiger partial charge in [-0.3, -0.25) is 14.9 Å². The van der Waals surface area contributed by atoms with Gasteiger partial charge in [0.1, 0.15) is 12.0 Å². The van der Waals surface area contributed by atoms with Crippen LogP contribution in [0.25, 0.3) is 0 Å². The largest absolute Gasteiger partial charge is 0.365 e. The molecule has 9 heteroatoms. The number of amides is 1. The summed E-state index contributed by atoms with van der Waals surface area (Å²) in [6.45, 7) is 1.67. The van der Waals surface area contributed by atoms with Crippen molar-refractivity contribution in [2.75, 3.05) is 32.0 Å². The molecule has 1 aromatic rings. The summed E-state index contributed by atoms with van der Waals surface area (Å²) >= 11 is 0. The molecule has 0 spiro atoms. The lowest BCUT2D eigenvalue weighted by molar-refractivity contribution is -0.385. The number of likely N-dealkylation sites (tertiary alicyclic amines) is 1. The predicted octanol–water partition coefficient (Wildman–Crippen LogP) is 0.644. The highest BCUT2D eigenvalue weighted by Crippen LogP contribution is 2.16. The van der Waals surface area contributed by atoms with Gasteiger partial charge in [-0.05, 0) is 19.5 Å². The van der Waals surface area contributed by atoms with Gasteiger partial charge in [-0.1, -0.05) is 0 Å². The molecule has 0 saturated carbocycles. The van der Waals surface area contributed by atoms with Crippen LogP contribution >= 0.6 is 12.4 Å². The van der Waals surface area contributed by atoms with Gasteiger partial charge in [0.05, 0.1) is 11.5 Å². The predicted molar refractivity (Wildman–Crippen MR) is 80.7 cm³/mol. The van der Waals surface area contributed by atoms with Crippen molar-refractivity contribution in [1.29, 1.82) is 0 Å². The van der Waals surface area contributed by atoms with Crippen molar-refractivity contribution in [3.05, 3.63) is 28.4 Å². The molecule has 1 unspecified atom stereocenters. The van der Waals surface area contributed by atoms with Crippen LogP contribution in [0.1, 0.15) is 6.42 Å². The Balaban J connectivity index is 0.00000220. The first kappa shape index (κ1) is 17.1. The van der Waals surface area contributed by atoms with E-state index in [1.807, 2.05) is 0 Å². The van der Waals surface area contributed by atoms with Gasteiger partial charge in [0, 0.05) is 25.2 Å². The number of halogens is 1. The van der Waals surface area contributed by atoms with E-state index in [9.17, 15) is 14.9 Å². The molecule has 21 heavy (non-hydrogen) atoms. The van der Waals surface area contributed by atoms with Crippen molar-refractivity contribution in [1.82, 2.24) is 15.2 Å². The van der Waals surface area contributed by atoms with Crippen molar-refractivity contribution in [2.24, 2.45) is 0 Å². The zero-order valence-electron chi connectivity index (χ0n) is 11.6. The summed E-state index contributed by atoms with van der Waals surface area (Å²) in [4.78, 5) is 27.5. The second kappa shape index (κ2) is 7.75. The molecule has 0 bridgehead atoms. The zero-order chi connectivity index (χ0) is 14.5. The number of hydrogen-bond donors (Lipinski definition) is 2. The van der Waals surface area contributed by atoms with Crippen LogP contribution in [0.15, 0.2) is 18.3 Å². The van der Waals surface area contributed by atoms with Crippen molar-refractivity contribution in [2.45, 2.75) is 12.5 Å². The minimum atomic E-state index is -0.482. The number of pyridine rings is 1. The fraction of sp³-hybridized carbons (Fsp3) is 0.500. The minimum Gasteiger partial charge on any atom is -0.365 e. The Morgan fingerprint density at radius 3 is 2.90 bits per heavy atom. The van der Waals surface area contributed by atoms with Crippen molar-refractivity contribution in [3.63, 3.8) is 0 Å². The van der Waals surface area contributed by atoms with E-state index in [2.05, 4.69) is 15.6 Å². The molecule has 0 aliphatic carbocycles. The number of carbonyl (C=O) groups excluding carboxylic acids is 1. The molecule has 1 amide bonds. The number of carbonyl (C=O) groups is 1. The van der Waals surface area contributed by atoms with Crippen LogP contribution in [0.3, 0.4) is 0 Å². The Labute approximate surface area is 128 Å². The number of anilines is 1. The van der Waals surface area contributed by atoms with Gasteiger partial charge >= 0.3 is 0 Å². The number of nitrogens with one attached hydrogen (secondary N) is 2. The summed E-state index contributed by atoms with van der Waals surface area (Å²) in [5.41, 5.74) is -0.0344. The first-order valence-corrected chi connectivity index (χ1v) is 6.39. The molecule has 1 aliphatic heterocycles. The second-order valence-corrected chi connectivity index (χ2v) is 4.66. The Morgan fingerprint density at radius 2 is 2.33 bits per heavy atom. The molecule has 116 valence electrons. The molecule has 1 fully saturated rings. The molecule has 1 aliphatic rings. The first-order chi connectivity index (χ1) is 9.60. The minimum absolute atomic E-state index is 0. The highest BCUT2D eigenvalue weighted by Gasteiger charge is 2.25. The zero-order valence-corrected chi connectivity index (χ0v) is 12.4. The monoisotopic (exact) mass is 315 g/mol. The van der Waals surface area contributed by atoms with E-state index in [1.165, 1.54) is 12.3 Å². The Morgan fingerprint density at radius 1 is 1.57 bits per heavy atom. The van der Waals surface area contributed by atoms with Gasteiger partial charge in [-0.15, -0.1) is 12.4 Å². The fourth-order valence-corrected chi connectivity index (χ4v) is 2.16. The summed E-state index contributed by atoms with van der Waals surface area (Å²) in [6, 6.07) is 3.12. The highest BCUT2D eigenvalue weighted by atomic mass is 35.5. The summed E-state index contributed by atoms with van der Waals surface area (Å²) in [5.74, 6) is 0.664. The second-order valence-electron chi connectivity index (χ2n) is 4.66. The van der Waals surface area contributed by atoms with Crippen LogP contribution in [-0.4, -0.2) is 53.4 Å². The van der Waals surface area contributed by atoms with Crippen LogP contribution in [0, 0.1) is 10.1 Å². The summed E-state index contributed by atoms with van der Waals surface area (Å²) in [6.07, 6.45) is 2.06. The fourth-order valence-electron chi connectivity index (χ4n) is 2.16. The molecule has 8 nitrogen and oxygen atoms in total. The number of hydrogen-bond acceptors (Lipinski definition) is 6. The van der Waals surface area contributed by atoms with Gasteiger partial charge in [0.2, 0.25) is 5.91 Å². The quantitative estimate of drug-likeness (QED) is 0.611. The number of nitrogens with zero attached hydrogens (tertiary/aromatic N) is 3. The Kier molecular flexibility index (Phi) is 6.32. The summed E-state index contributed by atoms with van der Waals surface area (Å²) in [5, 5.41) is 16.6. The van der Waals surface area contributed by atoms with Crippen LogP contribution in [0.5, 0.6) is 0 Å². The third kappa shape index (κ3) is 4.54. The SMILES string of the molecule is CNCC(=O)N1CCC(Nc2ccc([N+](=O)[O-])cn2)C1.Cl. The molecule has 0 radical (unpaired) electrons. The third-order valence-corrected chi connectivity index (χ3v) is 3.18. The van der Waals surface area contributed by atoms with Gasteiger partial charge in [-0.25, -0.2) is 4.98 Å². The van der Waals surface area contributed by atoms with Crippen LogP contribution in [-0.2, 0) is 4.79 Å². The lowest BCUT2D eigenvalue weighted by Gasteiger charge is -2.17. The van der Waals surface area contributed by atoms with Gasteiger partial charge < -0.3 is 15.5 Å². The van der Waals surface area contributed by atoms with Crippen LogP contribution in [0.2, 0.25) is 0 Å². The van der Waals surface area contributed by atoms with Crippen LogP contribution < -0.4 is 10.6 Å². The Hall–Kier alpha value is -1.93. The third-order valence-electron chi connectivity index (χ3n) is 3.18. The molecule has 2 N–H and O–H groups in total. The van der Waals surface area contributed by atoms with E-state index in [0.29, 0.717) is 25.5 Å². The van der Waals surface area contributed by atoms with E-state index < -0.39 is 4.92 Å². The first-order valence-electron chi connectivity index (χ1n) is 6.39. The number of likely N-dealkylation sites (N-methyl/N-ethyl adjacent to an activating group) is 1. The van der Waals surface area contributed by atoms with Crippen LogP contribution in [0.4, 0.5) is 11.5 Å². The van der Waals surface area contributed by atoms with E-state index in [0.717, 1.165) is 6.42 Å². The maximum atomic E-state index is 11.7. The van der Waals surface area contributed by atoms with Gasteiger partial charge in [-0.2, -0.15) is 0 Å². The summed E-state index contributed by atoms with van der Waals surface area (Å²) in [7, 11) is 1.74. The molecular weight excluding hydrogens is 298 g/mol. The van der Waals surface area contributed by atoms with Gasteiger partial charge in [0.15, 0.2) is 0 Å². The number of rotatable bonds is 5. The van der Waals surface area contributed by atoms with E-state index in [4.69, 9.17) is 0 Å². The standard InChI is InChI=1S/C12H17N5O3.ClH/c1-13-7-12(18)16-5-4-9(8-16)15-11-3-2-10(6-14-11)17(19)20;/h2-3,6,9,13H,4-5,7-8H2,1H3,(H,14,15);1H. The maximum Gasteiger partial charge on any atom is 0.287 e. The smallest absolute Gasteiger partial charge is 0.287 e. The van der Waals surface area contributed by atoms with Crippen molar-refractivity contribution < 1.29 is 9.72 Å². The normalized spacial score (nSPS) is 17.2. The Bertz CT molecular complexity index is 496. The van der Waals surface area contributed by atoms with Gasteiger partial charge in [0.25, 0.3) is 5.69 Å². The van der Waals surface area contributed by atoms with E-state index in [1.54, 1.807) is 18.0 Å². The maximum absolute atomic E-state index is 11.7. The number of aromatic nitrogens is 1. The molecule has 1 saturated heterocycles. The molecule has 1 aromatic heterocycles. The molecular formula is C12H18ClN5O3.